The van der Waals surface area contributed by atoms with E-state index in [1.165, 1.54) is 33.0 Å². The zero-order valence-electron chi connectivity index (χ0n) is 19.7. The second kappa shape index (κ2) is 6.65. The molecule has 0 amide bonds. The number of benzene rings is 3. The van der Waals surface area contributed by atoms with Crippen molar-refractivity contribution in [3.8, 4) is 11.1 Å². The van der Waals surface area contributed by atoms with E-state index in [1.807, 2.05) is 0 Å². The van der Waals surface area contributed by atoms with Gasteiger partial charge in [-0.05, 0) is 0 Å². The van der Waals surface area contributed by atoms with E-state index < -0.39 is 0 Å². The summed E-state index contributed by atoms with van der Waals surface area (Å²) >= 11 is 1.65. The Bertz CT molecular complexity index is 1210. The van der Waals surface area contributed by atoms with Crippen molar-refractivity contribution in [2.24, 2.45) is 11.8 Å². The fourth-order valence-electron chi connectivity index (χ4n) is 6.70. The number of aryl methyl sites for hydroxylation is 1. The summed E-state index contributed by atoms with van der Waals surface area (Å²) < 4.78 is 0.260. The van der Waals surface area contributed by atoms with Crippen molar-refractivity contribution in [2.75, 3.05) is 0 Å². The molecule has 0 nitrogen and oxygen atoms in total. The quantitative estimate of drug-likeness (QED) is 0.310. The van der Waals surface area contributed by atoms with Gasteiger partial charge in [-0.3, -0.25) is 0 Å². The Labute approximate surface area is 197 Å². The summed E-state index contributed by atoms with van der Waals surface area (Å²) in [6, 6.07) is 11.8. The molecule has 1 heteroatoms. The van der Waals surface area contributed by atoms with E-state index in [0.29, 0.717) is 23.7 Å². The predicted octanol–water partition coefficient (Wildman–Crippen LogP) is 8.05. The SMILES string of the molecule is Cc1cc2c(c(C)c1C)C(C)c1c3c(c4ccccc4c1-2)C(C)C(C)C(C)[C]3(C)[Zr]. The van der Waals surface area contributed by atoms with Crippen molar-refractivity contribution >= 4 is 10.8 Å². The van der Waals surface area contributed by atoms with Crippen LogP contribution < -0.4 is 0 Å². The Morgan fingerprint density at radius 2 is 1.47 bits per heavy atom. The standard InChI is InChI=1S/C29H33.Zr/c1-14-13-24-25(18(5)15(14)2)21(8)28-27-20(7)17(4)16(3)19(6)26(27)22-11-9-10-12-23(22)29(24)28;/h9-13,16-17,19,21H,1-8H3;. The third-order valence-electron chi connectivity index (χ3n) is 9.10. The summed E-state index contributed by atoms with van der Waals surface area (Å²) in [5.74, 6) is 2.47. The second-order valence-electron chi connectivity index (χ2n) is 10.4. The summed E-state index contributed by atoms with van der Waals surface area (Å²) in [5, 5.41) is 2.97. The van der Waals surface area contributed by atoms with Crippen molar-refractivity contribution in [1.29, 1.82) is 0 Å². The molecule has 3 aromatic carbocycles. The van der Waals surface area contributed by atoms with Crippen LogP contribution in [-0.4, -0.2) is 0 Å². The summed E-state index contributed by atoms with van der Waals surface area (Å²) in [6.45, 7) is 19.4. The van der Waals surface area contributed by atoms with Gasteiger partial charge in [0.2, 0.25) is 0 Å². The molecular weight excluding hydrogens is 440 g/mol. The maximum atomic E-state index is 2.55. The molecule has 2 aliphatic carbocycles. The van der Waals surface area contributed by atoms with Crippen LogP contribution in [-0.2, 0) is 27.8 Å². The molecule has 0 heterocycles. The maximum absolute atomic E-state index is 2.55. The van der Waals surface area contributed by atoms with Gasteiger partial charge in [0.1, 0.15) is 0 Å². The Morgan fingerprint density at radius 3 is 2.13 bits per heavy atom. The molecule has 0 aromatic heterocycles. The molecule has 5 atom stereocenters. The summed E-state index contributed by atoms with van der Waals surface area (Å²) in [7, 11) is 0. The van der Waals surface area contributed by atoms with Gasteiger partial charge in [-0.25, -0.2) is 0 Å². The van der Waals surface area contributed by atoms with E-state index >= 15 is 0 Å². The van der Waals surface area contributed by atoms with Gasteiger partial charge in [-0.2, -0.15) is 0 Å². The summed E-state index contributed by atoms with van der Waals surface area (Å²) in [6.07, 6.45) is 0. The number of fused-ring (bicyclic) bond motifs is 8. The molecule has 5 rings (SSSR count). The topological polar surface area (TPSA) is 0 Å². The molecule has 2 aliphatic rings. The van der Waals surface area contributed by atoms with Gasteiger partial charge in [-0.15, -0.1) is 0 Å². The number of rotatable bonds is 0. The first-order chi connectivity index (χ1) is 14.1. The Morgan fingerprint density at radius 1 is 0.833 bits per heavy atom. The van der Waals surface area contributed by atoms with Gasteiger partial charge in [0.05, 0.1) is 0 Å². The van der Waals surface area contributed by atoms with E-state index in [2.05, 4.69) is 85.7 Å². The van der Waals surface area contributed by atoms with Crippen molar-refractivity contribution < 1.29 is 24.7 Å². The van der Waals surface area contributed by atoms with Crippen LogP contribution in [0.3, 0.4) is 0 Å². The summed E-state index contributed by atoms with van der Waals surface area (Å²) in [4.78, 5) is 0. The van der Waals surface area contributed by atoms with E-state index in [0.717, 1.165) is 0 Å². The zero-order valence-corrected chi connectivity index (χ0v) is 22.2. The van der Waals surface area contributed by atoms with E-state index in [4.69, 9.17) is 0 Å². The van der Waals surface area contributed by atoms with Gasteiger partial charge in [0, 0.05) is 0 Å². The van der Waals surface area contributed by atoms with Gasteiger partial charge in [-0.1, -0.05) is 0 Å². The third-order valence-corrected chi connectivity index (χ3v) is 10.8. The number of hydrogen-bond donors (Lipinski definition) is 0. The van der Waals surface area contributed by atoms with Crippen LogP contribution in [0.5, 0.6) is 0 Å². The molecule has 153 valence electrons. The molecule has 0 aliphatic heterocycles. The molecule has 0 spiro atoms. The molecule has 0 bridgehead atoms. The Balaban J connectivity index is 2.02. The Hall–Kier alpha value is -1.20. The first-order valence-corrected chi connectivity index (χ1v) is 12.8. The van der Waals surface area contributed by atoms with Gasteiger partial charge >= 0.3 is 198 Å². The van der Waals surface area contributed by atoms with Crippen LogP contribution >= 0.6 is 0 Å². The van der Waals surface area contributed by atoms with Crippen molar-refractivity contribution in [2.45, 2.75) is 70.3 Å². The minimum atomic E-state index is 0.260. The van der Waals surface area contributed by atoms with Crippen LogP contribution in [0.1, 0.15) is 85.4 Å². The van der Waals surface area contributed by atoms with E-state index in [-0.39, 0.29) is 3.12 Å². The third kappa shape index (κ3) is 2.42. The molecule has 0 saturated heterocycles. The average Bonchev–Trinajstić information content (AvgIpc) is 3.00. The second-order valence-corrected chi connectivity index (χ2v) is 12.9. The molecule has 3 aromatic rings. The monoisotopic (exact) mass is 471 g/mol. The van der Waals surface area contributed by atoms with E-state index in [9.17, 15) is 0 Å². The Kier molecular flexibility index (Phi) is 4.59. The summed E-state index contributed by atoms with van der Waals surface area (Å²) in [5.41, 5.74) is 14.0. The van der Waals surface area contributed by atoms with Crippen LogP contribution in [0.2, 0.25) is 0 Å². The minimum absolute atomic E-state index is 0.260. The van der Waals surface area contributed by atoms with Crippen molar-refractivity contribution in [1.82, 2.24) is 0 Å². The van der Waals surface area contributed by atoms with Gasteiger partial charge in [0.15, 0.2) is 0 Å². The van der Waals surface area contributed by atoms with Gasteiger partial charge in [0.25, 0.3) is 0 Å². The predicted molar refractivity (Wildman–Crippen MR) is 125 cm³/mol. The van der Waals surface area contributed by atoms with E-state index in [1.54, 1.807) is 52.5 Å². The van der Waals surface area contributed by atoms with Crippen molar-refractivity contribution in [3.05, 3.63) is 69.3 Å². The van der Waals surface area contributed by atoms with Crippen molar-refractivity contribution in [3.63, 3.8) is 0 Å². The molecule has 0 saturated carbocycles. The van der Waals surface area contributed by atoms with Crippen LogP contribution in [0.25, 0.3) is 21.9 Å². The molecule has 5 unspecified atom stereocenters. The van der Waals surface area contributed by atoms with Crippen LogP contribution in [0.4, 0.5) is 0 Å². The molecule has 0 radical (unpaired) electrons. The molecule has 0 fully saturated rings. The first kappa shape index (κ1) is 20.7. The molecular formula is C29H33Zr. The molecule has 30 heavy (non-hydrogen) atoms. The normalized spacial score (nSPS) is 29.6. The van der Waals surface area contributed by atoms with Crippen LogP contribution in [0.15, 0.2) is 30.3 Å². The fraction of sp³-hybridized carbons (Fsp3) is 0.448. The first-order valence-electron chi connectivity index (χ1n) is 11.5. The number of hydrogen-bond acceptors (Lipinski definition) is 0. The van der Waals surface area contributed by atoms with Crippen LogP contribution in [0, 0.1) is 32.6 Å². The molecule has 0 N–H and O–H groups in total. The average molecular weight is 473 g/mol. The fourth-order valence-corrected chi connectivity index (χ4v) is 8.01. The zero-order chi connectivity index (χ0) is 21.7. The van der Waals surface area contributed by atoms with Gasteiger partial charge < -0.3 is 0 Å².